The van der Waals surface area contributed by atoms with Crippen molar-refractivity contribution in [3.8, 4) is 5.75 Å². The van der Waals surface area contributed by atoms with Crippen LogP contribution < -0.4 is 4.74 Å². The predicted octanol–water partition coefficient (Wildman–Crippen LogP) is 3.63. The number of carbonyl (C=O) groups excluding carboxylic acids is 1. The van der Waals surface area contributed by atoms with Crippen molar-refractivity contribution < 1.29 is 17.9 Å². The molecular weight excluding hydrogens is 362 g/mol. The molecule has 0 aliphatic carbocycles. The van der Waals surface area contributed by atoms with Gasteiger partial charge in [-0.25, -0.2) is 8.42 Å². The van der Waals surface area contributed by atoms with Crippen molar-refractivity contribution in [2.45, 2.75) is 44.4 Å². The summed E-state index contributed by atoms with van der Waals surface area (Å²) in [5, 5.41) is 0. The molecule has 0 N–H and O–H groups in total. The third-order valence-electron chi connectivity index (χ3n) is 4.67. The highest BCUT2D eigenvalue weighted by Crippen LogP contribution is 2.22. The molecule has 1 heterocycles. The highest BCUT2D eigenvalue weighted by molar-refractivity contribution is 7.89. The normalized spacial score (nSPS) is 15.0. The Morgan fingerprint density at radius 2 is 1.59 bits per heavy atom. The second-order valence-electron chi connectivity index (χ2n) is 7.05. The Labute approximate surface area is 161 Å². The van der Waals surface area contributed by atoms with Crippen LogP contribution in [0.3, 0.4) is 0 Å². The first kappa shape index (κ1) is 19.6. The van der Waals surface area contributed by atoms with Crippen molar-refractivity contribution in [1.82, 2.24) is 4.31 Å². The van der Waals surface area contributed by atoms with Gasteiger partial charge in [0.25, 0.3) is 0 Å². The van der Waals surface area contributed by atoms with Crippen LogP contribution in [0.1, 0.15) is 36.0 Å². The number of rotatable bonds is 6. The minimum atomic E-state index is -3.39. The molecular formula is C21H25NO4S. The molecule has 3 rings (SSSR count). The number of hydrogen-bond donors (Lipinski definition) is 0. The van der Waals surface area contributed by atoms with Gasteiger partial charge in [-0.1, -0.05) is 18.2 Å². The maximum absolute atomic E-state index is 12.5. The summed E-state index contributed by atoms with van der Waals surface area (Å²) in [7, 11) is -3.39. The molecule has 0 aromatic heterocycles. The monoisotopic (exact) mass is 387 g/mol. The van der Waals surface area contributed by atoms with Crippen LogP contribution in [0.4, 0.5) is 0 Å². The van der Waals surface area contributed by atoms with E-state index in [4.69, 9.17) is 4.74 Å². The predicted molar refractivity (Wildman–Crippen MR) is 104 cm³/mol. The second-order valence-corrected chi connectivity index (χ2v) is 8.99. The SMILES string of the molecule is Cc1cc(C)cc(OC(=O)CCc2ccc(S(=O)(=O)N3CCCC3)cc2)c1. The van der Waals surface area contributed by atoms with Gasteiger partial charge in [-0.2, -0.15) is 4.31 Å². The summed E-state index contributed by atoms with van der Waals surface area (Å²) in [6.07, 6.45) is 2.58. The van der Waals surface area contributed by atoms with Gasteiger partial charge < -0.3 is 4.74 Å². The molecule has 0 amide bonds. The molecule has 0 atom stereocenters. The molecule has 1 aliphatic rings. The molecule has 27 heavy (non-hydrogen) atoms. The molecule has 0 spiro atoms. The van der Waals surface area contributed by atoms with Crippen molar-refractivity contribution in [2.24, 2.45) is 0 Å². The summed E-state index contributed by atoms with van der Waals surface area (Å²) < 4.78 is 32.0. The fraction of sp³-hybridized carbons (Fsp3) is 0.381. The number of esters is 1. The molecule has 144 valence electrons. The van der Waals surface area contributed by atoms with Gasteiger partial charge in [0.05, 0.1) is 4.90 Å². The van der Waals surface area contributed by atoms with E-state index in [0.29, 0.717) is 30.2 Å². The molecule has 2 aromatic carbocycles. The lowest BCUT2D eigenvalue weighted by molar-refractivity contribution is -0.134. The van der Waals surface area contributed by atoms with Crippen LogP contribution in [0.2, 0.25) is 0 Å². The zero-order valence-electron chi connectivity index (χ0n) is 15.8. The second kappa shape index (κ2) is 8.23. The van der Waals surface area contributed by atoms with Crippen molar-refractivity contribution >= 4 is 16.0 Å². The van der Waals surface area contributed by atoms with Crippen LogP contribution in [0.25, 0.3) is 0 Å². The smallest absolute Gasteiger partial charge is 0.311 e. The number of ether oxygens (including phenoxy) is 1. The molecule has 0 unspecified atom stereocenters. The Hall–Kier alpha value is -2.18. The van der Waals surface area contributed by atoms with E-state index in [0.717, 1.165) is 29.5 Å². The van der Waals surface area contributed by atoms with Crippen LogP contribution in [-0.4, -0.2) is 31.8 Å². The van der Waals surface area contributed by atoms with Gasteiger partial charge in [-0.05, 0) is 74.1 Å². The minimum Gasteiger partial charge on any atom is -0.427 e. The Morgan fingerprint density at radius 1 is 1.00 bits per heavy atom. The first-order valence-corrected chi connectivity index (χ1v) is 10.7. The lowest BCUT2D eigenvalue weighted by atomic mass is 10.1. The number of hydrogen-bond acceptors (Lipinski definition) is 4. The molecule has 0 radical (unpaired) electrons. The van der Waals surface area contributed by atoms with Crippen LogP contribution in [0.5, 0.6) is 5.75 Å². The highest BCUT2D eigenvalue weighted by atomic mass is 32.2. The van der Waals surface area contributed by atoms with Gasteiger partial charge in [0.15, 0.2) is 0 Å². The number of aryl methyl sites for hydroxylation is 3. The maximum Gasteiger partial charge on any atom is 0.311 e. The van der Waals surface area contributed by atoms with Crippen molar-refractivity contribution in [3.05, 3.63) is 59.2 Å². The lowest BCUT2D eigenvalue weighted by Crippen LogP contribution is -2.27. The average Bonchev–Trinajstić information content (AvgIpc) is 3.15. The third-order valence-corrected chi connectivity index (χ3v) is 6.58. The van der Waals surface area contributed by atoms with E-state index < -0.39 is 10.0 Å². The molecule has 0 saturated carbocycles. The largest absolute Gasteiger partial charge is 0.427 e. The zero-order valence-corrected chi connectivity index (χ0v) is 16.6. The summed E-state index contributed by atoms with van der Waals surface area (Å²) in [6.45, 7) is 5.10. The van der Waals surface area contributed by atoms with Crippen molar-refractivity contribution in [3.63, 3.8) is 0 Å². The van der Waals surface area contributed by atoms with Gasteiger partial charge in [-0.3, -0.25) is 4.79 Å². The van der Waals surface area contributed by atoms with Gasteiger partial charge in [0, 0.05) is 19.5 Å². The summed E-state index contributed by atoms with van der Waals surface area (Å²) in [5.41, 5.74) is 3.01. The Morgan fingerprint density at radius 3 is 2.19 bits per heavy atom. The van der Waals surface area contributed by atoms with E-state index in [1.807, 2.05) is 32.0 Å². The minimum absolute atomic E-state index is 0.241. The molecule has 1 fully saturated rings. The van der Waals surface area contributed by atoms with Gasteiger partial charge in [0.1, 0.15) is 5.75 Å². The molecule has 0 bridgehead atoms. The summed E-state index contributed by atoms with van der Waals surface area (Å²) in [4.78, 5) is 12.4. The molecule has 1 saturated heterocycles. The van der Waals surface area contributed by atoms with Crippen LogP contribution in [-0.2, 0) is 21.2 Å². The quantitative estimate of drug-likeness (QED) is 0.561. The Bertz CT molecular complexity index is 893. The number of sulfonamides is 1. The van der Waals surface area contributed by atoms with E-state index in [-0.39, 0.29) is 12.4 Å². The first-order chi connectivity index (χ1) is 12.8. The summed E-state index contributed by atoms with van der Waals surface area (Å²) >= 11 is 0. The van der Waals surface area contributed by atoms with Crippen LogP contribution in [0.15, 0.2) is 47.4 Å². The van der Waals surface area contributed by atoms with Crippen molar-refractivity contribution in [2.75, 3.05) is 13.1 Å². The van der Waals surface area contributed by atoms with E-state index >= 15 is 0 Å². The highest BCUT2D eigenvalue weighted by Gasteiger charge is 2.26. The van der Waals surface area contributed by atoms with Gasteiger partial charge in [-0.15, -0.1) is 0 Å². The maximum atomic E-state index is 12.5. The van der Waals surface area contributed by atoms with Crippen LogP contribution >= 0.6 is 0 Å². The van der Waals surface area contributed by atoms with E-state index in [1.54, 1.807) is 24.3 Å². The van der Waals surface area contributed by atoms with Crippen LogP contribution in [0, 0.1) is 13.8 Å². The fourth-order valence-corrected chi connectivity index (χ4v) is 4.84. The average molecular weight is 388 g/mol. The summed E-state index contributed by atoms with van der Waals surface area (Å²) in [6, 6.07) is 12.5. The van der Waals surface area contributed by atoms with Gasteiger partial charge in [0.2, 0.25) is 10.0 Å². The molecule has 2 aromatic rings. The summed E-state index contributed by atoms with van der Waals surface area (Å²) in [5.74, 6) is 0.262. The molecule has 1 aliphatic heterocycles. The topological polar surface area (TPSA) is 63.7 Å². The van der Waals surface area contributed by atoms with E-state index in [9.17, 15) is 13.2 Å². The number of benzene rings is 2. The number of nitrogens with zero attached hydrogens (tertiary/aromatic N) is 1. The zero-order chi connectivity index (χ0) is 19.4. The fourth-order valence-electron chi connectivity index (χ4n) is 3.33. The third kappa shape index (κ3) is 4.96. The standard InChI is InChI=1S/C21H25NO4S/c1-16-13-17(2)15-19(14-16)26-21(23)10-7-18-5-8-20(9-6-18)27(24,25)22-11-3-4-12-22/h5-6,8-9,13-15H,3-4,7,10-12H2,1-2H3. The number of carbonyl (C=O) groups is 1. The molecule has 5 nitrogen and oxygen atoms in total. The van der Waals surface area contributed by atoms with Crippen molar-refractivity contribution in [1.29, 1.82) is 0 Å². The van der Waals surface area contributed by atoms with E-state index in [1.165, 1.54) is 4.31 Å². The van der Waals surface area contributed by atoms with E-state index in [2.05, 4.69) is 0 Å². The first-order valence-electron chi connectivity index (χ1n) is 9.23. The Kier molecular flexibility index (Phi) is 5.97. The molecule has 6 heteroatoms. The Balaban J connectivity index is 1.57. The van der Waals surface area contributed by atoms with Gasteiger partial charge >= 0.3 is 5.97 Å². The lowest BCUT2D eigenvalue weighted by Gasteiger charge is -2.15.